The topological polar surface area (TPSA) is 118 Å². The molecule has 1 amide bonds. The van der Waals surface area contributed by atoms with Crippen molar-refractivity contribution in [2.75, 3.05) is 4.72 Å². The van der Waals surface area contributed by atoms with Crippen LogP contribution in [0.2, 0.25) is 0 Å². The maximum absolute atomic E-state index is 13.3. The van der Waals surface area contributed by atoms with E-state index in [1.807, 2.05) is 6.92 Å². The number of hydrogen-bond acceptors (Lipinski definition) is 4. The highest BCUT2D eigenvalue weighted by Crippen LogP contribution is 2.18. The molecule has 0 saturated carbocycles. The molecule has 2 aromatic rings. The number of nitrogens with zero attached hydrogens (tertiary/aromatic N) is 1. The van der Waals surface area contributed by atoms with Gasteiger partial charge in [0.15, 0.2) is 5.03 Å². The number of aryl methyl sites for hydroxylation is 1. The fourth-order valence-corrected chi connectivity index (χ4v) is 2.64. The van der Waals surface area contributed by atoms with Crippen LogP contribution in [0.1, 0.15) is 23.1 Å². The summed E-state index contributed by atoms with van der Waals surface area (Å²) < 4.78 is 39.8. The minimum Gasteiger partial charge on any atom is -0.366 e. The lowest BCUT2D eigenvalue weighted by Crippen LogP contribution is -2.16. The molecule has 2 rings (SSSR count). The lowest BCUT2D eigenvalue weighted by atomic mass is 10.2. The van der Waals surface area contributed by atoms with Gasteiger partial charge in [-0.2, -0.15) is 8.42 Å². The molecule has 0 fully saturated rings. The van der Waals surface area contributed by atoms with Gasteiger partial charge in [-0.3, -0.25) is 9.52 Å². The molecule has 9 heteroatoms. The third kappa shape index (κ3) is 3.19. The smallest absolute Gasteiger partial charge is 0.278 e. The first-order valence-corrected chi connectivity index (χ1v) is 7.48. The number of benzene rings is 1. The van der Waals surface area contributed by atoms with Gasteiger partial charge in [0.05, 0.1) is 11.8 Å². The van der Waals surface area contributed by atoms with Gasteiger partial charge in [-0.05, 0) is 18.2 Å². The van der Waals surface area contributed by atoms with Gasteiger partial charge in [0.25, 0.3) is 15.9 Å². The van der Waals surface area contributed by atoms with E-state index in [2.05, 4.69) is 14.7 Å². The third-order valence-corrected chi connectivity index (χ3v) is 4.00. The zero-order chi connectivity index (χ0) is 15.6. The maximum Gasteiger partial charge on any atom is 0.278 e. The molecule has 0 saturated heterocycles. The van der Waals surface area contributed by atoms with Crippen LogP contribution in [-0.4, -0.2) is 24.3 Å². The lowest BCUT2D eigenvalue weighted by Gasteiger charge is -2.07. The average molecular weight is 312 g/mol. The van der Waals surface area contributed by atoms with E-state index in [9.17, 15) is 17.6 Å². The number of H-pyrrole nitrogens is 1. The van der Waals surface area contributed by atoms with Crippen molar-refractivity contribution in [3.8, 4) is 0 Å². The number of amides is 1. The molecular formula is C12H13FN4O3S. The molecule has 0 atom stereocenters. The Kier molecular flexibility index (Phi) is 3.94. The van der Waals surface area contributed by atoms with Gasteiger partial charge in [0.1, 0.15) is 11.6 Å². The molecule has 0 aliphatic rings. The minimum atomic E-state index is -3.90. The summed E-state index contributed by atoms with van der Waals surface area (Å²) >= 11 is 0. The summed E-state index contributed by atoms with van der Waals surface area (Å²) in [6.45, 7) is 1.82. The zero-order valence-electron chi connectivity index (χ0n) is 11.1. The SMILES string of the molecule is CCc1ncc(S(=O)(=O)Nc2ccc(F)c(C(N)=O)c2)[nH]1. The Morgan fingerprint density at radius 2 is 2.19 bits per heavy atom. The molecule has 0 aliphatic heterocycles. The number of hydrogen-bond donors (Lipinski definition) is 3. The van der Waals surface area contributed by atoms with E-state index >= 15 is 0 Å². The van der Waals surface area contributed by atoms with Crippen LogP contribution in [-0.2, 0) is 16.4 Å². The van der Waals surface area contributed by atoms with E-state index in [4.69, 9.17) is 5.73 Å². The second-order valence-electron chi connectivity index (χ2n) is 4.21. The molecule has 0 spiro atoms. The van der Waals surface area contributed by atoms with Gasteiger partial charge in [0, 0.05) is 12.1 Å². The van der Waals surface area contributed by atoms with Crippen LogP contribution in [0.15, 0.2) is 29.4 Å². The van der Waals surface area contributed by atoms with Crippen LogP contribution >= 0.6 is 0 Å². The number of halogens is 1. The number of aromatic nitrogens is 2. The Morgan fingerprint density at radius 3 is 2.76 bits per heavy atom. The summed E-state index contributed by atoms with van der Waals surface area (Å²) in [6, 6.07) is 3.19. The fourth-order valence-electron chi connectivity index (χ4n) is 1.65. The Labute approximate surface area is 120 Å². The largest absolute Gasteiger partial charge is 0.366 e. The Hall–Kier alpha value is -2.42. The molecule has 4 N–H and O–H groups in total. The molecule has 0 radical (unpaired) electrons. The van der Waals surface area contributed by atoms with Crippen LogP contribution in [0.25, 0.3) is 0 Å². The first kappa shape index (κ1) is 15.0. The first-order chi connectivity index (χ1) is 9.83. The van der Waals surface area contributed by atoms with Gasteiger partial charge in [-0.15, -0.1) is 0 Å². The van der Waals surface area contributed by atoms with Crippen molar-refractivity contribution in [1.82, 2.24) is 9.97 Å². The molecule has 1 aromatic carbocycles. The van der Waals surface area contributed by atoms with E-state index in [-0.39, 0.29) is 10.7 Å². The highest BCUT2D eigenvalue weighted by Gasteiger charge is 2.18. The van der Waals surface area contributed by atoms with Crippen LogP contribution in [0.4, 0.5) is 10.1 Å². The lowest BCUT2D eigenvalue weighted by molar-refractivity contribution is 0.0996. The predicted molar refractivity (Wildman–Crippen MR) is 73.7 cm³/mol. The molecular weight excluding hydrogens is 299 g/mol. The Balaban J connectivity index is 2.32. The Morgan fingerprint density at radius 1 is 1.48 bits per heavy atom. The zero-order valence-corrected chi connectivity index (χ0v) is 11.9. The minimum absolute atomic E-state index is 0.0258. The number of primary amides is 1. The van der Waals surface area contributed by atoms with Crippen LogP contribution in [0, 0.1) is 5.82 Å². The van der Waals surface area contributed by atoms with Crippen LogP contribution < -0.4 is 10.5 Å². The number of carbonyl (C=O) groups excluding carboxylic acids is 1. The molecule has 0 bridgehead atoms. The van der Waals surface area contributed by atoms with E-state index < -0.39 is 27.3 Å². The predicted octanol–water partition coefficient (Wildman–Crippen LogP) is 1.01. The van der Waals surface area contributed by atoms with Crippen molar-refractivity contribution >= 4 is 21.6 Å². The van der Waals surface area contributed by atoms with Gasteiger partial charge < -0.3 is 10.7 Å². The molecule has 1 heterocycles. The molecule has 112 valence electrons. The normalized spacial score (nSPS) is 11.3. The van der Waals surface area contributed by atoms with Gasteiger partial charge >= 0.3 is 0 Å². The number of anilines is 1. The first-order valence-electron chi connectivity index (χ1n) is 5.99. The second kappa shape index (κ2) is 5.52. The summed E-state index contributed by atoms with van der Waals surface area (Å²) in [7, 11) is -3.90. The number of sulfonamides is 1. The second-order valence-corrected chi connectivity index (χ2v) is 5.86. The van der Waals surface area contributed by atoms with E-state index in [0.717, 1.165) is 12.1 Å². The monoisotopic (exact) mass is 312 g/mol. The number of aromatic amines is 1. The number of rotatable bonds is 5. The third-order valence-electron chi connectivity index (χ3n) is 2.71. The molecule has 21 heavy (non-hydrogen) atoms. The molecule has 0 unspecified atom stereocenters. The number of nitrogens with two attached hydrogens (primary N) is 1. The maximum atomic E-state index is 13.3. The number of carbonyl (C=O) groups is 1. The summed E-state index contributed by atoms with van der Waals surface area (Å²) in [4.78, 5) is 17.6. The highest BCUT2D eigenvalue weighted by atomic mass is 32.2. The summed E-state index contributed by atoms with van der Waals surface area (Å²) in [5.41, 5.74) is 4.64. The van der Waals surface area contributed by atoms with Crippen molar-refractivity contribution < 1.29 is 17.6 Å². The van der Waals surface area contributed by atoms with Crippen molar-refractivity contribution in [1.29, 1.82) is 0 Å². The van der Waals surface area contributed by atoms with E-state index in [1.54, 1.807) is 0 Å². The Bertz CT molecular complexity index is 786. The molecule has 7 nitrogen and oxygen atoms in total. The summed E-state index contributed by atoms with van der Waals surface area (Å²) in [5.74, 6) is -1.28. The van der Waals surface area contributed by atoms with Crippen molar-refractivity contribution in [3.05, 3.63) is 41.6 Å². The van der Waals surface area contributed by atoms with Crippen LogP contribution in [0.5, 0.6) is 0 Å². The summed E-state index contributed by atoms with van der Waals surface area (Å²) in [6.07, 6.45) is 1.73. The fraction of sp³-hybridized carbons (Fsp3) is 0.167. The van der Waals surface area contributed by atoms with E-state index in [0.29, 0.717) is 12.2 Å². The van der Waals surface area contributed by atoms with Crippen molar-refractivity contribution in [3.63, 3.8) is 0 Å². The van der Waals surface area contributed by atoms with Crippen LogP contribution in [0.3, 0.4) is 0 Å². The number of imidazole rings is 1. The van der Waals surface area contributed by atoms with E-state index in [1.165, 1.54) is 12.3 Å². The van der Waals surface area contributed by atoms with Crippen molar-refractivity contribution in [2.45, 2.75) is 18.4 Å². The molecule has 0 aliphatic carbocycles. The standard InChI is InChI=1S/C12H13FN4O3S/c1-2-10-15-6-11(16-10)21(19,20)17-7-3-4-9(13)8(5-7)12(14)18/h3-6,17H,2H2,1H3,(H2,14,18)(H,15,16). The van der Waals surface area contributed by atoms with Gasteiger partial charge in [-0.25, -0.2) is 9.37 Å². The highest BCUT2D eigenvalue weighted by molar-refractivity contribution is 7.92. The van der Waals surface area contributed by atoms with Gasteiger partial charge in [-0.1, -0.05) is 6.92 Å². The van der Waals surface area contributed by atoms with Gasteiger partial charge in [0.2, 0.25) is 0 Å². The molecule has 1 aromatic heterocycles. The quantitative estimate of drug-likeness (QED) is 0.763. The number of nitrogens with one attached hydrogen (secondary N) is 2. The summed E-state index contributed by atoms with van der Waals surface area (Å²) in [5, 5.41) is -0.121. The average Bonchev–Trinajstić information content (AvgIpc) is 2.90. The van der Waals surface area contributed by atoms with Crippen molar-refractivity contribution in [2.24, 2.45) is 5.73 Å².